The van der Waals surface area contributed by atoms with E-state index in [2.05, 4.69) is 20.3 Å². The highest BCUT2D eigenvalue weighted by molar-refractivity contribution is 6.28. The zero-order valence-electron chi connectivity index (χ0n) is 10.1. The maximum atomic E-state index is 5.81. The van der Waals surface area contributed by atoms with Crippen molar-refractivity contribution in [2.24, 2.45) is 0 Å². The van der Waals surface area contributed by atoms with Crippen LogP contribution in [0.15, 0.2) is 24.3 Å². The molecule has 0 amide bonds. The minimum absolute atomic E-state index is 0.101. The smallest absolute Gasteiger partial charge is 0.328 e. The lowest BCUT2D eigenvalue weighted by Gasteiger charge is -2.08. The van der Waals surface area contributed by atoms with E-state index in [1.807, 2.05) is 38.1 Å². The van der Waals surface area contributed by atoms with Crippen molar-refractivity contribution in [1.29, 1.82) is 0 Å². The van der Waals surface area contributed by atoms with Gasteiger partial charge in [-0.3, -0.25) is 0 Å². The summed E-state index contributed by atoms with van der Waals surface area (Å²) in [6, 6.07) is 7.80. The van der Waals surface area contributed by atoms with Gasteiger partial charge in [0.1, 0.15) is 5.75 Å². The van der Waals surface area contributed by atoms with Gasteiger partial charge < -0.3 is 10.1 Å². The van der Waals surface area contributed by atoms with E-state index in [9.17, 15) is 0 Å². The first-order valence-corrected chi connectivity index (χ1v) is 5.95. The molecule has 0 unspecified atom stereocenters. The third kappa shape index (κ3) is 3.07. The molecule has 2 rings (SSSR count). The molecule has 0 atom stereocenters. The fourth-order valence-corrected chi connectivity index (χ4v) is 1.54. The predicted molar refractivity (Wildman–Crippen MR) is 70.3 cm³/mol. The van der Waals surface area contributed by atoms with E-state index in [-0.39, 0.29) is 11.3 Å². The van der Waals surface area contributed by atoms with Gasteiger partial charge in [-0.2, -0.15) is 15.0 Å². The SMILES string of the molecule is CCNc1nc(Cl)nc(Oc2ccccc2C)n1. The molecular weight excluding hydrogens is 252 g/mol. The number of aryl methyl sites for hydroxylation is 1. The number of halogens is 1. The van der Waals surface area contributed by atoms with Crippen molar-refractivity contribution < 1.29 is 4.74 Å². The highest BCUT2D eigenvalue weighted by atomic mass is 35.5. The van der Waals surface area contributed by atoms with Crippen LogP contribution in [-0.4, -0.2) is 21.5 Å². The Morgan fingerprint density at radius 1 is 1.22 bits per heavy atom. The number of hydrogen-bond donors (Lipinski definition) is 1. The number of hydrogen-bond acceptors (Lipinski definition) is 5. The number of ether oxygens (including phenoxy) is 1. The molecule has 0 fully saturated rings. The molecule has 0 saturated heterocycles. The minimum Gasteiger partial charge on any atom is -0.424 e. The second kappa shape index (κ2) is 5.64. The first kappa shape index (κ1) is 12.6. The Hall–Kier alpha value is -1.88. The van der Waals surface area contributed by atoms with E-state index >= 15 is 0 Å². The van der Waals surface area contributed by atoms with E-state index in [0.29, 0.717) is 18.2 Å². The zero-order valence-corrected chi connectivity index (χ0v) is 10.9. The van der Waals surface area contributed by atoms with Crippen molar-refractivity contribution in [3.63, 3.8) is 0 Å². The van der Waals surface area contributed by atoms with Crippen LogP contribution in [0.1, 0.15) is 12.5 Å². The quantitative estimate of drug-likeness (QED) is 0.920. The van der Waals surface area contributed by atoms with Crippen molar-refractivity contribution in [2.45, 2.75) is 13.8 Å². The molecule has 0 spiro atoms. The first-order chi connectivity index (χ1) is 8.69. The van der Waals surface area contributed by atoms with Gasteiger partial charge in [0.05, 0.1) is 0 Å². The van der Waals surface area contributed by atoms with E-state index in [0.717, 1.165) is 5.56 Å². The van der Waals surface area contributed by atoms with E-state index in [4.69, 9.17) is 16.3 Å². The molecule has 0 bridgehead atoms. The van der Waals surface area contributed by atoms with Crippen LogP contribution in [0.25, 0.3) is 0 Å². The van der Waals surface area contributed by atoms with Gasteiger partial charge in [0.15, 0.2) is 0 Å². The van der Waals surface area contributed by atoms with Gasteiger partial charge in [0.2, 0.25) is 11.2 Å². The van der Waals surface area contributed by atoms with E-state index < -0.39 is 0 Å². The van der Waals surface area contributed by atoms with E-state index in [1.54, 1.807) is 0 Å². The summed E-state index contributed by atoms with van der Waals surface area (Å²) in [6.07, 6.45) is 0. The van der Waals surface area contributed by atoms with Crippen LogP contribution in [0.5, 0.6) is 11.8 Å². The molecule has 1 aromatic heterocycles. The predicted octanol–water partition coefficient (Wildman–Crippen LogP) is 3.06. The summed E-state index contributed by atoms with van der Waals surface area (Å²) in [4.78, 5) is 12.0. The van der Waals surface area contributed by atoms with Gasteiger partial charge in [-0.1, -0.05) is 18.2 Å². The molecule has 0 aliphatic heterocycles. The molecule has 0 radical (unpaired) electrons. The zero-order chi connectivity index (χ0) is 13.0. The number of anilines is 1. The summed E-state index contributed by atoms with van der Waals surface area (Å²) in [5.74, 6) is 1.10. The van der Waals surface area contributed by atoms with Gasteiger partial charge in [-0.15, -0.1) is 0 Å². The molecule has 1 N–H and O–H groups in total. The summed E-state index contributed by atoms with van der Waals surface area (Å²) in [6.45, 7) is 4.59. The highest BCUT2D eigenvalue weighted by Gasteiger charge is 2.07. The largest absolute Gasteiger partial charge is 0.424 e. The number of para-hydroxylation sites is 1. The summed E-state index contributed by atoms with van der Waals surface area (Å²) in [7, 11) is 0. The van der Waals surface area contributed by atoms with Crippen molar-refractivity contribution in [3.05, 3.63) is 35.1 Å². The third-order valence-corrected chi connectivity index (χ3v) is 2.39. The standard InChI is InChI=1S/C12H13ClN4O/c1-3-14-11-15-10(13)16-12(17-11)18-9-7-5-4-6-8(9)2/h4-7H,3H2,1-2H3,(H,14,15,16,17). The maximum Gasteiger partial charge on any atom is 0.328 e. The average Bonchev–Trinajstić information content (AvgIpc) is 2.32. The van der Waals surface area contributed by atoms with Crippen molar-refractivity contribution in [3.8, 4) is 11.8 Å². The van der Waals surface area contributed by atoms with Crippen LogP contribution >= 0.6 is 11.6 Å². The van der Waals surface area contributed by atoms with E-state index in [1.165, 1.54) is 0 Å². The molecule has 1 heterocycles. The summed E-state index contributed by atoms with van der Waals surface area (Å²) in [5, 5.41) is 3.06. The highest BCUT2D eigenvalue weighted by Crippen LogP contribution is 2.23. The van der Waals surface area contributed by atoms with Gasteiger partial charge in [0.25, 0.3) is 0 Å². The van der Waals surface area contributed by atoms with Gasteiger partial charge in [-0.05, 0) is 37.1 Å². The molecule has 18 heavy (non-hydrogen) atoms. The number of aromatic nitrogens is 3. The lowest BCUT2D eigenvalue weighted by Crippen LogP contribution is -2.05. The Balaban J connectivity index is 2.26. The number of nitrogens with zero attached hydrogens (tertiary/aromatic N) is 3. The fraction of sp³-hybridized carbons (Fsp3) is 0.250. The molecule has 2 aromatic rings. The molecule has 5 nitrogen and oxygen atoms in total. The number of nitrogens with one attached hydrogen (secondary N) is 1. The Labute approximate surface area is 110 Å². The Kier molecular flexibility index (Phi) is 3.94. The first-order valence-electron chi connectivity index (χ1n) is 5.58. The number of rotatable bonds is 4. The van der Waals surface area contributed by atoms with Crippen LogP contribution in [0, 0.1) is 6.92 Å². The minimum atomic E-state index is 0.101. The second-order valence-corrected chi connectivity index (χ2v) is 3.95. The molecule has 6 heteroatoms. The average molecular weight is 265 g/mol. The molecule has 94 valence electrons. The number of benzene rings is 1. The third-order valence-electron chi connectivity index (χ3n) is 2.22. The van der Waals surface area contributed by atoms with Crippen LogP contribution in [0.3, 0.4) is 0 Å². The van der Waals surface area contributed by atoms with Crippen molar-refractivity contribution in [1.82, 2.24) is 15.0 Å². The monoisotopic (exact) mass is 264 g/mol. The molecule has 1 aromatic carbocycles. The Bertz CT molecular complexity index is 547. The fourth-order valence-electron chi connectivity index (χ4n) is 1.38. The van der Waals surface area contributed by atoms with Gasteiger partial charge in [-0.25, -0.2) is 0 Å². The van der Waals surface area contributed by atoms with Gasteiger partial charge >= 0.3 is 6.01 Å². The van der Waals surface area contributed by atoms with Crippen LogP contribution in [-0.2, 0) is 0 Å². The van der Waals surface area contributed by atoms with Crippen LogP contribution in [0.4, 0.5) is 5.95 Å². The molecule has 0 aliphatic carbocycles. The van der Waals surface area contributed by atoms with Crippen molar-refractivity contribution >= 4 is 17.5 Å². The lowest BCUT2D eigenvalue weighted by atomic mass is 10.2. The van der Waals surface area contributed by atoms with Crippen LogP contribution < -0.4 is 10.1 Å². The summed E-state index contributed by atoms with van der Waals surface area (Å²) < 4.78 is 5.59. The topological polar surface area (TPSA) is 59.9 Å². The summed E-state index contributed by atoms with van der Waals surface area (Å²) >= 11 is 5.81. The van der Waals surface area contributed by atoms with Crippen molar-refractivity contribution in [2.75, 3.05) is 11.9 Å². The summed E-state index contributed by atoms with van der Waals surface area (Å²) in [5.41, 5.74) is 0.999. The Morgan fingerprint density at radius 2 is 2.00 bits per heavy atom. The molecule has 0 saturated carbocycles. The normalized spacial score (nSPS) is 10.2. The maximum absolute atomic E-state index is 5.81. The lowest BCUT2D eigenvalue weighted by molar-refractivity contribution is 0.437. The van der Waals surface area contributed by atoms with Gasteiger partial charge in [0, 0.05) is 6.54 Å². The second-order valence-electron chi connectivity index (χ2n) is 3.61. The Morgan fingerprint density at radius 3 is 2.72 bits per heavy atom. The molecule has 0 aliphatic rings. The molecular formula is C12H13ClN4O. The van der Waals surface area contributed by atoms with Crippen LogP contribution in [0.2, 0.25) is 5.28 Å².